The minimum Gasteiger partial charge on any atom is -0.356 e. The van der Waals surface area contributed by atoms with Gasteiger partial charge in [0.15, 0.2) is 5.96 Å². The van der Waals surface area contributed by atoms with Crippen LogP contribution >= 0.6 is 0 Å². The molecule has 2 aromatic rings. The maximum atomic E-state index is 12.9. The normalized spacial score (nSPS) is 11.1. The number of amides is 1. The zero-order valence-electron chi connectivity index (χ0n) is 15.0. The van der Waals surface area contributed by atoms with Crippen molar-refractivity contribution >= 4 is 11.9 Å². The molecule has 6 heteroatoms. The van der Waals surface area contributed by atoms with Gasteiger partial charge in [-0.15, -0.1) is 0 Å². The molecule has 138 valence electrons. The second-order valence-corrected chi connectivity index (χ2v) is 5.81. The van der Waals surface area contributed by atoms with Crippen molar-refractivity contribution in [3.63, 3.8) is 0 Å². The quantitative estimate of drug-likeness (QED) is 0.500. The van der Waals surface area contributed by atoms with Gasteiger partial charge in [-0.3, -0.25) is 9.79 Å². The average Bonchev–Trinajstić information content (AvgIpc) is 2.67. The molecule has 0 unspecified atom stereocenters. The Labute approximate surface area is 153 Å². The van der Waals surface area contributed by atoms with Crippen LogP contribution in [-0.2, 0) is 17.6 Å². The number of aliphatic imine (C=N–C) groups is 1. The number of hydrogen-bond donors (Lipinski definition) is 3. The summed E-state index contributed by atoms with van der Waals surface area (Å²) in [4.78, 5) is 16.0. The third-order valence-corrected chi connectivity index (χ3v) is 3.84. The number of rotatable bonds is 8. The van der Waals surface area contributed by atoms with Crippen molar-refractivity contribution in [1.82, 2.24) is 16.0 Å². The number of carbonyl (C=O) groups is 1. The lowest BCUT2D eigenvalue weighted by atomic mass is 10.1. The van der Waals surface area contributed by atoms with Gasteiger partial charge in [0.2, 0.25) is 5.91 Å². The number of halogens is 1. The Morgan fingerprint density at radius 3 is 2.15 bits per heavy atom. The Morgan fingerprint density at radius 2 is 1.50 bits per heavy atom. The first-order valence-electron chi connectivity index (χ1n) is 8.67. The number of nitrogens with one attached hydrogen (secondary N) is 3. The predicted octanol–water partition coefficient (Wildman–Crippen LogP) is 1.89. The zero-order valence-corrected chi connectivity index (χ0v) is 15.0. The summed E-state index contributed by atoms with van der Waals surface area (Å²) >= 11 is 0. The molecule has 0 spiro atoms. The monoisotopic (exact) mass is 356 g/mol. The Morgan fingerprint density at radius 1 is 0.885 bits per heavy atom. The molecule has 0 aliphatic carbocycles. The van der Waals surface area contributed by atoms with Crippen LogP contribution in [0.2, 0.25) is 0 Å². The number of benzene rings is 2. The van der Waals surface area contributed by atoms with Crippen molar-refractivity contribution in [3.05, 3.63) is 71.5 Å². The molecule has 0 heterocycles. The van der Waals surface area contributed by atoms with Crippen LogP contribution in [0.1, 0.15) is 11.1 Å². The molecular formula is C20H25FN4O. The van der Waals surface area contributed by atoms with E-state index in [0.29, 0.717) is 19.0 Å². The lowest BCUT2D eigenvalue weighted by Crippen LogP contribution is -2.44. The smallest absolute Gasteiger partial charge is 0.239 e. The molecule has 0 aromatic heterocycles. The highest BCUT2D eigenvalue weighted by Gasteiger charge is 2.03. The van der Waals surface area contributed by atoms with Gasteiger partial charge in [-0.2, -0.15) is 0 Å². The molecule has 0 fully saturated rings. The van der Waals surface area contributed by atoms with Gasteiger partial charge >= 0.3 is 0 Å². The standard InChI is InChI=1S/C20H25FN4O/c1-22-20(24-14-12-17-7-9-18(21)10-8-17)25-15-19(26)23-13-11-16-5-3-2-4-6-16/h2-10H,11-15H2,1H3,(H,23,26)(H2,22,24,25). The summed E-state index contributed by atoms with van der Waals surface area (Å²) in [5.41, 5.74) is 2.23. The van der Waals surface area contributed by atoms with Crippen LogP contribution in [-0.4, -0.2) is 38.5 Å². The number of nitrogens with zero attached hydrogens (tertiary/aromatic N) is 1. The first-order chi connectivity index (χ1) is 12.7. The Hall–Kier alpha value is -2.89. The molecular weight excluding hydrogens is 331 g/mol. The van der Waals surface area contributed by atoms with E-state index in [-0.39, 0.29) is 18.3 Å². The fraction of sp³-hybridized carbons (Fsp3) is 0.300. The lowest BCUT2D eigenvalue weighted by molar-refractivity contribution is -0.119. The molecule has 3 N–H and O–H groups in total. The summed E-state index contributed by atoms with van der Waals surface area (Å²) in [6, 6.07) is 16.4. The Balaban J connectivity index is 1.61. The highest BCUT2D eigenvalue weighted by Crippen LogP contribution is 2.02. The van der Waals surface area contributed by atoms with Crippen molar-refractivity contribution in [3.8, 4) is 0 Å². The largest absolute Gasteiger partial charge is 0.356 e. The molecule has 0 radical (unpaired) electrons. The van der Waals surface area contributed by atoms with Crippen LogP contribution in [0.15, 0.2) is 59.6 Å². The molecule has 0 saturated carbocycles. The molecule has 0 bridgehead atoms. The molecule has 5 nitrogen and oxygen atoms in total. The lowest BCUT2D eigenvalue weighted by Gasteiger charge is -2.12. The van der Waals surface area contributed by atoms with Crippen LogP contribution in [0.3, 0.4) is 0 Å². The second kappa shape index (κ2) is 10.9. The van der Waals surface area contributed by atoms with Gasteiger partial charge in [-0.05, 0) is 36.1 Å². The second-order valence-electron chi connectivity index (χ2n) is 5.81. The van der Waals surface area contributed by atoms with E-state index in [4.69, 9.17) is 0 Å². The van der Waals surface area contributed by atoms with Crippen LogP contribution in [0.5, 0.6) is 0 Å². The third-order valence-electron chi connectivity index (χ3n) is 3.84. The minimum atomic E-state index is -0.238. The van der Waals surface area contributed by atoms with Crippen molar-refractivity contribution in [2.24, 2.45) is 4.99 Å². The van der Waals surface area contributed by atoms with E-state index in [2.05, 4.69) is 20.9 Å². The fourth-order valence-electron chi connectivity index (χ4n) is 2.41. The number of guanidine groups is 1. The topological polar surface area (TPSA) is 65.5 Å². The van der Waals surface area contributed by atoms with Gasteiger partial charge in [0.1, 0.15) is 5.82 Å². The molecule has 2 aromatic carbocycles. The highest BCUT2D eigenvalue weighted by molar-refractivity contribution is 5.86. The van der Waals surface area contributed by atoms with Crippen LogP contribution < -0.4 is 16.0 Å². The summed E-state index contributed by atoms with van der Waals surface area (Å²) in [5, 5.41) is 8.99. The number of hydrogen-bond acceptors (Lipinski definition) is 2. The van der Waals surface area contributed by atoms with Crippen molar-refractivity contribution in [2.45, 2.75) is 12.8 Å². The summed E-state index contributed by atoms with van der Waals surface area (Å²) in [6.07, 6.45) is 1.54. The summed E-state index contributed by atoms with van der Waals surface area (Å²) in [6.45, 7) is 1.40. The Kier molecular flexibility index (Phi) is 8.12. The van der Waals surface area contributed by atoms with E-state index in [1.54, 1.807) is 19.2 Å². The predicted molar refractivity (Wildman–Crippen MR) is 103 cm³/mol. The third kappa shape index (κ3) is 7.34. The maximum absolute atomic E-state index is 12.9. The minimum absolute atomic E-state index is 0.0811. The Bertz CT molecular complexity index is 702. The van der Waals surface area contributed by atoms with Crippen molar-refractivity contribution in [2.75, 3.05) is 26.7 Å². The van der Waals surface area contributed by atoms with Crippen LogP contribution in [0.25, 0.3) is 0 Å². The highest BCUT2D eigenvalue weighted by atomic mass is 19.1. The van der Waals surface area contributed by atoms with Gasteiger partial charge in [0.25, 0.3) is 0 Å². The van der Waals surface area contributed by atoms with E-state index in [9.17, 15) is 9.18 Å². The van der Waals surface area contributed by atoms with E-state index in [0.717, 1.165) is 18.4 Å². The van der Waals surface area contributed by atoms with Gasteiger partial charge in [0, 0.05) is 20.1 Å². The van der Waals surface area contributed by atoms with E-state index >= 15 is 0 Å². The summed E-state index contributed by atoms with van der Waals surface area (Å²) in [5.74, 6) is 0.241. The van der Waals surface area contributed by atoms with Crippen LogP contribution in [0, 0.1) is 5.82 Å². The molecule has 0 atom stereocenters. The zero-order chi connectivity index (χ0) is 18.6. The first-order valence-corrected chi connectivity index (χ1v) is 8.67. The van der Waals surface area contributed by atoms with E-state index in [1.165, 1.54) is 17.7 Å². The van der Waals surface area contributed by atoms with Crippen molar-refractivity contribution < 1.29 is 9.18 Å². The van der Waals surface area contributed by atoms with E-state index in [1.807, 2.05) is 30.3 Å². The van der Waals surface area contributed by atoms with E-state index < -0.39 is 0 Å². The average molecular weight is 356 g/mol. The van der Waals surface area contributed by atoms with Gasteiger partial charge in [-0.25, -0.2) is 4.39 Å². The van der Waals surface area contributed by atoms with Crippen LogP contribution in [0.4, 0.5) is 4.39 Å². The first kappa shape index (κ1) is 19.4. The molecule has 2 rings (SSSR count). The number of carbonyl (C=O) groups excluding carboxylic acids is 1. The molecule has 26 heavy (non-hydrogen) atoms. The molecule has 0 aliphatic heterocycles. The molecule has 0 saturated heterocycles. The SMILES string of the molecule is CN=C(NCCc1ccc(F)cc1)NCC(=O)NCCc1ccccc1. The van der Waals surface area contributed by atoms with Gasteiger partial charge in [0.05, 0.1) is 6.54 Å². The summed E-state index contributed by atoms with van der Waals surface area (Å²) in [7, 11) is 1.65. The maximum Gasteiger partial charge on any atom is 0.239 e. The molecule has 0 aliphatic rings. The fourth-order valence-corrected chi connectivity index (χ4v) is 2.41. The summed E-state index contributed by atoms with van der Waals surface area (Å²) < 4.78 is 12.9. The van der Waals surface area contributed by atoms with Gasteiger partial charge in [-0.1, -0.05) is 42.5 Å². The van der Waals surface area contributed by atoms with Crippen molar-refractivity contribution in [1.29, 1.82) is 0 Å². The van der Waals surface area contributed by atoms with Gasteiger partial charge < -0.3 is 16.0 Å². The molecule has 1 amide bonds.